The molecule has 1 saturated carbocycles. The van der Waals surface area contributed by atoms with Gasteiger partial charge in [-0.1, -0.05) is 0 Å². The number of nitrogens with one attached hydrogen (secondary N) is 1. The Morgan fingerprint density at radius 1 is 1.22 bits per heavy atom. The van der Waals surface area contributed by atoms with Gasteiger partial charge in [0, 0.05) is 26.5 Å². The zero-order valence-electron chi connectivity index (χ0n) is 14.6. The highest BCUT2D eigenvalue weighted by Crippen LogP contribution is 2.51. The second kappa shape index (κ2) is 8.50. The number of nitrogens with zero attached hydrogens (tertiary/aromatic N) is 1. The van der Waals surface area contributed by atoms with Gasteiger partial charge in [0.1, 0.15) is 6.10 Å². The molecule has 2 unspecified atom stereocenters. The Morgan fingerprint density at radius 3 is 2.41 bits per heavy atom. The molecule has 0 aliphatic heterocycles. The Hall–Kier alpha value is -1.10. The van der Waals surface area contributed by atoms with Gasteiger partial charge in [-0.15, -0.1) is 0 Å². The summed E-state index contributed by atoms with van der Waals surface area (Å²) in [6.07, 6.45) is -0.959. The van der Waals surface area contributed by atoms with Crippen molar-refractivity contribution >= 4 is 15.4 Å². The smallest absolute Gasteiger partial charge is 0.378 e. The van der Waals surface area contributed by atoms with Crippen molar-refractivity contribution in [1.82, 2.24) is 9.55 Å². The van der Waals surface area contributed by atoms with E-state index in [-0.39, 0.29) is 12.8 Å². The van der Waals surface area contributed by atoms with Gasteiger partial charge in [0.15, 0.2) is 0 Å². The molecule has 1 aromatic heterocycles. The largest absolute Gasteiger partial charge is 0.472 e. The van der Waals surface area contributed by atoms with Crippen molar-refractivity contribution in [3.63, 3.8) is 0 Å². The standard InChI is InChI=1S/C13H22N2O10P2/c1-23-11-8(4-6-26(18,19)20)7-9(12(11)25-27(21,22)24-2)15-5-3-10(16)14-13(15)17/h3,5,8-9,11-12H,4,6-7H2,1-2H3,(H,21,22)(H,14,16,17)(H2,18,19,20)/t8-,9?,11+,12-/m0/s1. The van der Waals surface area contributed by atoms with Crippen LogP contribution in [0, 0.1) is 5.92 Å². The van der Waals surface area contributed by atoms with Gasteiger partial charge in [0.25, 0.3) is 5.56 Å². The van der Waals surface area contributed by atoms with E-state index in [4.69, 9.17) is 19.0 Å². The first-order valence-corrected chi connectivity index (χ1v) is 11.2. The Balaban J connectivity index is 2.40. The van der Waals surface area contributed by atoms with E-state index in [0.29, 0.717) is 0 Å². The molecule has 0 amide bonds. The van der Waals surface area contributed by atoms with Crippen molar-refractivity contribution in [2.24, 2.45) is 5.92 Å². The van der Waals surface area contributed by atoms with Crippen LogP contribution < -0.4 is 11.2 Å². The molecule has 1 aliphatic rings. The molecule has 1 aromatic rings. The van der Waals surface area contributed by atoms with Crippen LogP contribution >= 0.6 is 15.4 Å². The lowest BCUT2D eigenvalue weighted by atomic mass is 10.0. The fourth-order valence-corrected chi connectivity index (χ4v) is 4.62. The Kier molecular flexibility index (Phi) is 6.99. The number of H-pyrrole nitrogens is 1. The number of rotatable bonds is 8. The molecule has 0 radical (unpaired) electrons. The Morgan fingerprint density at radius 2 is 1.89 bits per heavy atom. The summed E-state index contributed by atoms with van der Waals surface area (Å²) in [5.41, 5.74) is -1.37. The molecular weight excluding hydrogens is 406 g/mol. The first-order chi connectivity index (χ1) is 12.5. The first kappa shape index (κ1) is 22.2. The summed E-state index contributed by atoms with van der Waals surface area (Å²) >= 11 is 0. The SMILES string of the molecule is CO[C@@H]1[C@@H](CCP(=O)(O)O)CC(n2ccc(=O)[nH]c2=O)[C@@H]1OP(=O)(O)OC. The molecule has 0 aromatic carbocycles. The number of aromatic amines is 1. The summed E-state index contributed by atoms with van der Waals surface area (Å²) in [6.45, 7) is 0. The predicted octanol–water partition coefficient (Wildman–Crippen LogP) is -0.188. The molecule has 0 bridgehead atoms. The maximum atomic E-state index is 12.2. The lowest BCUT2D eigenvalue weighted by Crippen LogP contribution is -2.38. The molecule has 1 aliphatic carbocycles. The Bertz CT molecular complexity index is 861. The van der Waals surface area contributed by atoms with Gasteiger partial charge in [0.2, 0.25) is 0 Å². The summed E-state index contributed by atoms with van der Waals surface area (Å²) in [6, 6.07) is 0.287. The van der Waals surface area contributed by atoms with Crippen LogP contribution in [-0.4, -0.2) is 56.8 Å². The average Bonchev–Trinajstić information content (AvgIpc) is 2.89. The van der Waals surface area contributed by atoms with Crippen LogP contribution in [0.3, 0.4) is 0 Å². The van der Waals surface area contributed by atoms with E-state index in [1.54, 1.807) is 0 Å². The van der Waals surface area contributed by atoms with E-state index in [1.165, 1.54) is 13.3 Å². The number of methoxy groups -OCH3 is 1. The van der Waals surface area contributed by atoms with Crippen LogP contribution in [0.5, 0.6) is 0 Å². The average molecular weight is 428 g/mol. The van der Waals surface area contributed by atoms with Gasteiger partial charge in [0.05, 0.1) is 18.3 Å². The summed E-state index contributed by atoms with van der Waals surface area (Å²) in [7, 11) is -6.43. The maximum Gasteiger partial charge on any atom is 0.472 e. The van der Waals surface area contributed by atoms with E-state index < -0.39 is 57.0 Å². The number of phosphoric ester groups is 1. The summed E-state index contributed by atoms with van der Waals surface area (Å²) in [5, 5.41) is 0. The molecule has 12 nitrogen and oxygen atoms in total. The van der Waals surface area contributed by atoms with Crippen LogP contribution in [0.2, 0.25) is 0 Å². The van der Waals surface area contributed by atoms with E-state index >= 15 is 0 Å². The lowest BCUT2D eigenvalue weighted by molar-refractivity contribution is -0.0256. The van der Waals surface area contributed by atoms with Crippen molar-refractivity contribution in [2.45, 2.75) is 31.1 Å². The minimum atomic E-state index is -4.45. The van der Waals surface area contributed by atoms with Crippen molar-refractivity contribution in [2.75, 3.05) is 20.4 Å². The molecule has 4 N–H and O–H groups in total. The molecule has 0 spiro atoms. The second-order valence-corrected chi connectivity index (χ2v) is 9.47. The molecule has 154 valence electrons. The third kappa shape index (κ3) is 5.69. The molecule has 0 saturated heterocycles. The van der Waals surface area contributed by atoms with E-state index in [0.717, 1.165) is 17.7 Å². The van der Waals surface area contributed by atoms with Crippen molar-refractivity contribution in [1.29, 1.82) is 0 Å². The van der Waals surface area contributed by atoms with Crippen LogP contribution in [0.4, 0.5) is 0 Å². The van der Waals surface area contributed by atoms with Crippen LogP contribution in [0.25, 0.3) is 0 Å². The monoisotopic (exact) mass is 428 g/mol. The number of ether oxygens (including phenoxy) is 1. The van der Waals surface area contributed by atoms with Gasteiger partial charge in [-0.3, -0.25) is 28.0 Å². The van der Waals surface area contributed by atoms with Gasteiger partial charge in [-0.05, 0) is 18.8 Å². The quantitative estimate of drug-likeness (QED) is 0.406. The fourth-order valence-electron chi connectivity index (χ4n) is 3.30. The highest BCUT2D eigenvalue weighted by molar-refractivity contribution is 7.51. The summed E-state index contributed by atoms with van der Waals surface area (Å²) in [5.74, 6) is -0.478. The number of hydrogen-bond acceptors (Lipinski definition) is 7. The molecule has 5 atom stereocenters. The summed E-state index contributed by atoms with van der Waals surface area (Å²) in [4.78, 5) is 53.5. The summed E-state index contributed by atoms with van der Waals surface area (Å²) < 4.78 is 39.2. The van der Waals surface area contributed by atoms with Gasteiger partial charge >= 0.3 is 21.1 Å². The minimum absolute atomic E-state index is 0.0416. The molecule has 1 fully saturated rings. The van der Waals surface area contributed by atoms with E-state index in [2.05, 4.69) is 9.51 Å². The molecule has 27 heavy (non-hydrogen) atoms. The van der Waals surface area contributed by atoms with Gasteiger partial charge in [-0.2, -0.15) is 0 Å². The zero-order chi connectivity index (χ0) is 20.4. The van der Waals surface area contributed by atoms with Gasteiger partial charge in [-0.25, -0.2) is 9.36 Å². The third-order valence-electron chi connectivity index (χ3n) is 4.47. The van der Waals surface area contributed by atoms with E-state index in [9.17, 15) is 23.6 Å². The molecule has 14 heteroatoms. The van der Waals surface area contributed by atoms with Crippen molar-refractivity contribution in [3.05, 3.63) is 33.1 Å². The number of aromatic nitrogens is 2. The molecule has 1 heterocycles. The van der Waals surface area contributed by atoms with Gasteiger partial charge < -0.3 is 19.4 Å². The second-order valence-electron chi connectivity index (χ2n) is 6.18. The predicted molar refractivity (Wildman–Crippen MR) is 92.5 cm³/mol. The third-order valence-corrected chi connectivity index (χ3v) is 6.28. The van der Waals surface area contributed by atoms with Crippen LogP contribution in [0.1, 0.15) is 18.9 Å². The zero-order valence-corrected chi connectivity index (χ0v) is 16.4. The lowest BCUT2D eigenvalue weighted by Gasteiger charge is -2.27. The fraction of sp³-hybridized carbons (Fsp3) is 0.692. The number of hydrogen-bond donors (Lipinski definition) is 4. The molecular formula is C13H22N2O10P2. The highest BCUT2D eigenvalue weighted by Gasteiger charge is 2.49. The van der Waals surface area contributed by atoms with Crippen LogP contribution in [-0.2, 0) is 22.9 Å². The first-order valence-electron chi connectivity index (χ1n) is 7.93. The maximum absolute atomic E-state index is 12.2. The normalized spacial score (nSPS) is 28.2. The minimum Gasteiger partial charge on any atom is -0.378 e. The molecule has 2 rings (SSSR count). The highest BCUT2D eigenvalue weighted by atomic mass is 31.2. The van der Waals surface area contributed by atoms with Crippen molar-refractivity contribution in [3.8, 4) is 0 Å². The Labute approximate surface area is 153 Å². The topological polar surface area (TPSA) is 177 Å². The van der Waals surface area contributed by atoms with Crippen LogP contribution in [0.15, 0.2) is 21.9 Å². The number of phosphoric acid groups is 1. The van der Waals surface area contributed by atoms with Crippen molar-refractivity contribution < 1.29 is 37.6 Å². The van der Waals surface area contributed by atoms with E-state index in [1.807, 2.05) is 0 Å².